The molecule has 1 aliphatic rings. The van der Waals surface area contributed by atoms with Crippen LogP contribution in [-0.2, 0) is 4.74 Å². The van der Waals surface area contributed by atoms with E-state index < -0.39 is 0 Å². The molecule has 10 heavy (non-hydrogen) atoms. The van der Waals surface area contributed by atoms with Crippen LogP contribution < -0.4 is 5.32 Å². The Kier molecular flexibility index (Phi) is 6.98. The average molecular weight is 145 g/mol. The Morgan fingerprint density at radius 2 is 2.20 bits per heavy atom. The van der Waals surface area contributed by atoms with Crippen LogP contribution in [0.3, 0.4) is 0 Å². The molecule has 1 aliphatic heterocycles. The second-order valence-corrected chi connectivity index (χ2v) is 2.13. The Bertz CT molecular complexity index is 60.3. The van der Waals surface area contributed by atoms with Crippen LogP contribution in [0.1, 0.15) is 33.6 Å². The van der Waals surface area contributed by atoms with Crippen LogP contribution in [-0.4, -0.2) is 19.4 Å². The number of rotatable bonds is 1. The van der Waals surface area contributed by atoms with Crippen molar-refractivity contribution in [1.82, 2.24) is 5.32 Å². The lowest BCUT2D eigenvalue weighted by Gasteiger charge is -2.21. The van der Waals surface area contributed by atoms with Gasteiger partial charge >= 0.3 is 0 Å². The molecular weight excluding hydrogens is 126 g/mol. The third-order valence-electron chi connectivity index (χ3n) is 1.52. The number of nitrogens with one attached hydrogen (secondary N) is 1. The zero-order chi connectivity index (χ0) is 7.82. The molecule has 0 radical (unpaired) electrons. The van der Waals surface area contributed by atoms with Crippen molar-refractivity contribution in [2.45, 2.75) is 39.7 Å². The van der Waals surface area contributed by atoms with Crippen LogP contribution in [0.25, 0.3) is 0 Å². The maximum absolute atomic E-state index is 5.32. The molecule has 0 amide bonds. The summed E-state index contributed by atoms with van der Waals surface area (Å²) in [7, 11) is 0. The summed E-state index contributed by atoms with van der Waals surface area (Å²) in [5, 5.41) is 3.13. The van der Waals surface area contributed by atoms with E-state index in [0.717, 1.165) is 19.7 Å². The van der Waals surface area contributed by atoms with Gasteiger partial charge in [0.2, 0.25) is 0 Å². The SMILES string of the molecule is CC.CCC1CCNCO1. The van der Waals surface area contributed by atoms with E-state index in [9.17, 15) is 0 Å². The Labute approximate surface area is 64.0 Å². The van der Waals surface area contributed by atoms with E-state index in [1.807, 2.05) is 13.8 Å². The van der Waals surface area contributed by atoms with E-state index in [0.29, 0.717) is 6.10 Å². The van der Waals surface area contributed by atoms with E-state index in [-0.39, 0.29) is 0 Å². The van der Waals surface area contributed by atoms with E-state index in [2.05, 4.69) is 12.2 Å². The zero-order valence-corrected chi connectivity index (χ0v) is 7.31. The quantitative estimate of drug-likeness (QED) is 0.607. The van der Waals surface area contributed by atoms with Gasteiger partial charge in [0.05, 0.1) is 12.8 Å². The second kappa shape index (κ2) is 7.03. The molecule has 0 saturated carbocycles. The van der Waals surface area contributed by atoms with Gasteiger partial charge in [0.25, 0.3) is 0 Å². The predicted octanol–water partition coefficient (Wildman–Crippen LogP) is 1.76. The largest absolute Gasteiger partial charge is 0.363 e. The number of hydrogen-bond acceptors (Lipinski definition) is 2. The fourth-order valence-corrected chi connectivity index (χ4v) is 0.917. The van der Waals surface area contributed by atoms with Gasteiger partial charge in [0.1, 0.15) is 0 Å². The van der Waals surface area contributed by atoms with Crippen molar-refractivity contribution in [3.05, 3.63) is 0 Å². The lowest BCUT2D eigenvalue weighted by atomic mass is 10.2. The lowest BCUT2D eigenvalue weighted by Crippen LogP contribution is -2.32. The van der Waals surface area contributed by atoms with Gasteiger partial charge in [-0.2, -0.15) is 0 Å². The van der Waals surface area contributed by atoms with Gasteiger partial charge in [-0.15, -0.1) is 0 Å². The van der Waals surface area contributed by atoms with Crippen molar-refractivity contribution in [3.8, 4) is 0 Å². The first-order valence-electron chi connectivity index (χ1n) is 4.26. The first-order valence-corrected chi connectivity index (χ1v) is 4.26. The van der Waals surface area contributed by atoms with Crippen molar-refractivity contribution in [3.63, 3.8) is 0 Å². The van der Waals surface area contributed by atoms with Gasteiger partial charge in [-0.3, -0.25) is 5.32 Å². The Balaban J connectivity index is 0.000000371. The molecule has 1 rings (SSSR count). The van der Waals surface area contributed by atoms with Crippen molar-refractivity contribution in [1.29, 1.82) is 0 Å². The molecule has 0 spiro atoms. The summed E-state index contributed by atoms with van der Waals surface area (Å²) in [5.41, 5.74) is 0. The van der Waals surface area contributed by atoms with Crippen molar-refractivity contribution < 1.29 is 4.74 Å². The monoisotopic (exact) mass is 145 g/mol. The summed E-state index contributed by atoms with van der Waals surface area (Å²) >= 11 is 0. The minimum Gasteiger partial charge on any atom is -0.363 e. The Hall–Kier alpha value is -0.0800. The van der Waals surface area contributed by atoms with Gasteiger partial charge in [-0.25, -0.2) is 0 Å². The molecule has 1 saturated heterocycles. The van der Waals surface area contributed by atoms with Crippen molar-refractivity contribution >= 4 is 0 Å². The standard InChI is InChI=1S/C6H13NO.C2H6/c1-2-6-3-4-7-5-8-6;1-2/h6-7H,2-5H2,1H3;1-2H3. The molecule has 0 bridgehead atoms. The molecule has 2 nitrogen and oxygen atoms in total. The molecule has 2 heteroatoms. The van der Waals surface area contributed by atoms with E-state index >= 15 is 0 Å². The molecule has 1 N–H and O–H groups in total. The fourth-order valence-electron chi connectivity index (χ4n) is 0.917. The zero-order valence-electron chi connectivity index (χ0n) is 7.31. The summed E-state index contributed by atoms with van der Waals surface area (Å²) in [5.74, 6) is 0. The summed E-state index contributed by atoms with van der Waals surface area (Å²) < 4.78 is 5.32. The van der Waals surface area contributed by atoms with Gasteiger partial charge in [-0.1, -0.05) is 20.8 Å². The normalized spacial score (nSPS) is 24.9. The smallest absolute Gasteiger partial charge is 0.0969 e. The maximum Gasteiger partial charge on any atom is 0.0969 e. The third kappa shape index (κ3) is 3.85. The first kappa shape index (κ1) is 9.92. The van der Waals surface area contributed by atoms with Gasteiger partial charge in [0, 0.05) is 0 Å². The molecule has 1 heterocycles. The molecule has 1 fully saturated rings. The highest BCUT2D eigenvalue weighted by Gasteiger charge is 2.09. The first-order chi connectivity index (χ1) is 4.93. The average Bonchev–Trinajstić information content (AvgIpc) is 2.10. The van der Waals surface area contributed by atoms with Crippen LogP contribution >= 0.6 is 0 Å². The predicted molar refractivity (Wildman–Crippen MR) is 44.0 cm³/mol. The molecule has 0 aliphatic carbocycles. The number of hydrogen-bond donors (Lipinski definition) is 1. The van der Waals surface area contributed by atoms with E-state index in [4.69, 9.17) is 4.74 Å². The highest BCUT2D eigenvalue weighted by atomic mass is 16.5. The van der Waals surface area contributed by atoms with E-state index in [1.165, 1.54) is 6.42 Å². The van der Waals surface area contributed by atoms with Crippen LogP contribution in [0.4, 0.5) is 0 Å². The van der Waals surface area contributed by atoms with Crippen molar-refractivity contribution in [2.75, 3.05) is 13.3 Å². The van der Waals surface area contributed by atoms with Crippen LogP contribution in [0.5, 0.6) is 0 Å². The molecule has 1 unspecified atom stereocenters. The van der Waals surface area contributed by atoms with Crippen LogP contribution in [0.2, 0.25) is 0 Å². The van der Waals surface area contributed by atoms with Crippen LogP contribution in [0.15, 0.2) is 0 Å². The van der Waals surface area contributed by atoms with Crippen LogP contribution in [0, 0.1) is 0 Å². The lowest BCUT2D eigenvalue weighted by molar-refractivity contribution is 0.00565. The molecule has 62 valence electrons. The second-order valence-electron chi connectivity index (χ2n) is 2.13. The molecule has 1 atom stereocenters. The molecule has 0 aromatic heterocycles. The van der Waals surface area contributed by atoms with Crippen molar-refractivity contribution in [2.24, 2.45) is 0 Å². The summed E-state index contributed by atoms with van der Waals surface area (Å²) in [6.45, 7) is 8.03. The summed E-state index contributed by atoms with van der Waals surface area (Å²) in [6.07, 6.45) is 2.86. The summed E-state index contributed by atoms with van der Waals surface area (Å²) in [6, 6.07) is 0. The number of ether oxygens (including phenoxy) is 1. The highest BCUT2D eigenvalue weighted by Crippen LogP contribution is 2.04. The van der Waals surface area contributed by atoms with Gasteiger partial charge in [0.15, 0.2) is 0 Å². The minimum atomic E-state index is 0.524. The topological polar surface area (TPSA) is 21.3 Å². The highest BCUT2D eigenvalue weighted by molar-refractivity contribution is 4.60. The van der Waals surface area contributed by atoms with Gasteiger partial charge in [-0.05, 0) is 19.4 Å². The Morgan fingerprint density at radius 1 is 1.50 bits per heavy atom. The van der Waals surface area contributed by atoms with Gasteiger partial charge < -0.3 is 4.74 Å². The third-order valence-corrected chi connectivity index (χ3v) is 1.52. The Morgan fingerprint density at radius 3 is 2.50 bits per heavy atom. The molecule has 0 aromatic rings. The maximum atomic E-state index is 5.32. The summed E-state index contributed by atoms with van der Waals surface area (Å²) in [4.78, 5) is 0. The fraction of sp³-hybridized carbons (Fsp3) is 1.00. The molecular formula is C8H19NO. The van der Waals surface area contributed by atoms with E-state index in [1.54, 1.807) is 0 Å². The molecule has 0 aromatic carbocycles. The minimum absolute atomic E-state index is 0.524.